The van der Waals surface area contributed by atoms with Crippen LogP contribution in [0.3, 0.4) is 0 Å². The summed E-state index contributed by atoms with van der Waals surface area (Å²) in [5, 5.41) is 12.2. The fourth-order valence-electron chi connectivity index (χ4n) is 3.29. The first kappa shape index (κ1) is 22.0. The van der Waals surface area contributed by atoms with Crippen LogP contribution in [-0.2, 0) is 11.2 Å². The minimum Gasteiger partial charge on any atom is -0.396 e. The number of hydrogen-bond acceptors (Lipinski definition) is 3. The second-order valence-corrected chi connectivity index (χ2v) is 7.15. The van der Waals surface area contributed by atoms with Crippen LogP contribution in [0.2, 0.25) is 0 Å². The van der Waals surface area contributed by atoms with Crippen LogP contribution in [0.4, 0.5) is 22.4 Å². The van der Waals surface area contributed by atoms with Crippen LogP contribution >= 0.6 is 0 Å². The van der Waals surface area contributed by atoms with Crippen LogP contribution in [0.15, 0.2) is 36.4 Å². The van der Waals surface area contributed by atoms with Crippen LogP contribution in [0.25, 0.3) is 0 Å². The number of benzene rings is 2. The van der Waals surface area contributed by atoms with Crippen molar-refractivity contribution in [3.63, 3.8) is 0 Å². The monoisotopic (exact) mass is 426 g/mol. The quantitative estimate of drug-likeness (QED) is 0.698. The molecule has 3 rings (SSSR count). The lowest BCUT2D eigenvalue weighted by molar-refractivity contribution is -0.0157. The van der Waals surface area contributed by atoms with E-state index in [1.54, 1.807) is 0 Å². The first-order chi connectivity index (χ1) is 14.4. The van der Waals surface area contributed by atoms with Gasteiger partial charge in [0.2, 0.25) is 0 Å². The number of hydrogen-bond donors (Lipinski definition) is 2. The van der Waals surface area contributed by atoms with Gasteiger partial charge < -0.3 is 20.1 Å². The van der Waals surface area contributed by atoms with Crippen molar-refractivity contribution in [1.82, 2.24) is 10.2 Å². The Morgan fingerprint density at radius 1 is 1.13 bits per heavy atom. The topological polar surface area (TPSA) is 61.8 Å². The van der Waals surface area contributed by atoms with Gasteiger partial charge in [0.1, 0.15) is 17.7 Å². The molecule has 1 fully saturated rings. The maximum Gasteiger partial charge on any atom is 0.317 e. The standard InChI is InChI=1S/C21H22F4N2O3/c22-16-3-1-14(18(24)9-16)7-13(12-28)10-26-21(29)27-5-6-30-20(11-27)15-2-4-17(23)19(25)8-15/h1-4,8-9,13,20,28H,5-7,10-12H2,(H,26,29). The Bertz CT molecular complexity index is 897. The van der Waals surface area contributed by atoms with Gasteiger partial charge in [0.25, 0.3) is 0 Å². The molecule has 2 unspecified atom stereocenters. The van der Waals surface area contributed by atoms with E-state index in [0.29, 0.717) is 12.1 Å². The van der Waals surface area contributed by atoms with E-state index in [0.717, 1.165) is 24.3 Å². The van der Waals surface area contributed by atoms with Crippen molar-refractivity contribution in [2.24, 2.45) is 5.92 Å². The van der Waals surface area contributed by atoms with E-state index >= 15 is 0 Å². The molecule has 0 bridgehead atoms. The molecule has 1 aliphatic heterocycles. The number of halogens is 4. The Labute approximate surface area is 171 Å². The van der Waals surface area contributed by atoms with E-state index in [1.165, 1.54) is 17.0 Å². The second kappa shape index (κ2) is 9.90. The maximum atomic E-state index is 13.8. The number of morpholine rings is 1. The molecule has 1 aliphatic rings. The summed E-state index contributed by atoms with van der Waals surface area (Å²) in [4.78, 5) is 14.0. The Kier molecular flexibility index (Phi) is 7.28. The molecule has 0 saturated carbocycles. The number of carbonyl (C=O) groups is 1. The van der Waals surface area contributed by atoms with Crippen LogP contribution in [0, 0.1) is 29.2 Å². The van der Waals surface area contributed by atoms with Gasteiger partial charge in [0.15, 0.2) is 11.6 Å². The molecule has 2 N–H and O–H groups in total. The number of aliphatic hydroxyl groups is 1. The summed E-state index contributed by atoms with van der Waals surface area (Å²) in [5.41, 5.74) is 0.667. The average molecular weight is 426 g/mol. The molecule has 0 spiro atoms. The highest BCUT2D eigenvalue weighted by atomic mass is 19.2. The van der Waals surface area contributed by atoms with Crippen molar-refractivity contribution in [3.8, 4) is 0 Å². The summed E-state index contributed by atoms with van der Waals surface area (Å²) in [6.07, 6.45) is -0.467. The Balaban J connectivity index is 1.55. The third kappa shape index (κ3) is 5.48. The molecular formula is C21H22F4N2O3. The summed E-state index contributed by atoms with van der Waals surface area (Å²) < 4.78 is 59.0. The van der Waals surface area contributed by atoms with Gasteiger partial charge in [-0.15, -0.1) is 0 Å². The number of ether oxygens (including phenoxy) is 1. The van der Waals surface area contributed by atoms with Gasteiger partial charge in [-0.2, -0.15) is 0 Å². The molecule has 2 atom stereocenters. The Morgan fingerprint density at radius 2 is 1.93 bits per heavy atom. The van der Waals surface area contributed by atoms with Gasteiger partial charge in [-0.3, -0.25) is 0 Å². The van der Waals surface area contributed by atoms with E-state index in [2.05, 4.69) is 5.32 Å². The van der Waals surface area contributed by atoms with Gasteiger partial charge in [-0.25, -0.2) is 22.4 Å². The molecule has 2 amide bonds. The molecule has 30 heavy (non-hydrogen) atoms. The van der Waals surface area contributed by atoms with Crippen LogP contribution in [0.5, 0.6) is 0 Å². The molecule has 5 nitrogen and oxygen atoms in total. The zero-order valence-corrected chi connectivity index (χ0v) is 16.1. The molecule has 2 aromatic rings. The summed E-state index contributed by atoms with van der Waals surface area (Å²) >= 11 is 0. The number of urea groups is 1. The van der Waals surface area contributed by atoms with Crippen molar-refractivity contribution in [2.45, 2.75) is 12.5 Å². The second-order valence-electron chi connectivity index (χ2n) is 7.15. The summed E-state index contributed by atoms with van der Waals surface area (Å²) in [5.74, 6) is -3.81. The average Bonchev–Trinajstić information content (AvgIpc) is 2.74. The fourth-order valence-corrected chi connectivity index (χ4v) is 3.29. The lowest BCUT2D eigenvalue weighted by Gasteiger charge is -2.33. The fraction of sp³-hybridized carbons (Fsp3) is 0.381. The van der Waals surface area contributed by atoms with Gasteiger partial charge in [-0.1, -0.05) is 12.1 Å². The number of nitrogens with zero attached hydrogens (tertiary/aromatic N) is 1. The number of amides is 2. The highest BCUT2D eigenvalue weighted by molar-refractivity contribution is 5.74. The summed E-state index contributed by atoms with van der Waals surface area (Å²) in [7, 11) is 0. The van der Waals surface area contributed by atoms with E-state index in [9.17, 15) is 27.5 Å². The molecule has 1 heterocycles. The van der Waals surface area contributed by atoms with Crippen LogP contribution in [0.1, 0.15) is 17.2 Å². The zero-order valence-electron chi connectivity index (χ0n) is 16.1. The highest BCUT2D eigenvalue weighted by Gasteiger charge is 2.26. The van der Waals surface area contributed by atoms with Gasteiger partial charge in [-0.05, 0) is 35.7 Å². The first-order valence-electron chi connectivity index (χ1n) is 9.51. The molecule has 9 heteroatoms. The van der Waals surface area contributed by atoms with Crippen molar-refractivity contribution in [2.75, 3.05) is 32.8 Å². The number of rotatable bonds is 6. The van der Waals surface area contributed by atoms with Crippen molar-refractivity contribution in [3.05, 3.63) is 70.8 Å². The van der Waals surface area contributed by atoms with Gasteiger partial charge >= 0.3 is 6.03 Å². The Hall–Kier alpha value is -2.65. The Morgan fingerprint density at radius 3 is 2.63 bits per heavy atom. The van der Waals surface area contributed by atoms with Crippen molar-refractivity contribution in [1.29, 1.82) is 0 Å². The first-order valence-corrected chi connectivity index (χ1v) is 9.51. The predicted octanol–water partition coefficient (Wildman–Crippen LogP) is 3.18. The third-order valence-corrected chi connectivity index (χ3v) is 4.99. The third-order valence-electron chi connectivity index (χ3n) is 4.99. The molecular weight excluding hydrogens is 404 g/mol. The lowest BCUT2D eigenvalue weighted by Crippen LogP contribution is -2.48. The van der Waals surface area contributed by atoms with Crippen LogP contribution < -0.4 is 5.32 Å². The number of nitrogens with one attached hydrogen (secondary N) is 1. The van der Waals surface area contributed by atoms with E-state index in [1.807, 2.05) is 0 Å². The van der Waals surface area contributed by atoms with E-state index in [-0.39, 0.29) is 38.3 Å². The van der Waals surface area contributed by atoms with Crippen molar-refractivity contribution < 1.29 is 32.2 Å². The van der Waals surface area contributed by atoms with E-state index < -0.39 is 41.3 Å². The van der Waals surface area contributed by atoms with Gasteiger partial charge in [0, 0.05) is 31.7 Å². The van der Waals surface area contributed by atoms with Crippen molar-refractivity contribution >= 4 is 6.03 Å². The van der Waals surface area contributed by atoms with E-state index in [4.69, 9.17) is 4.74 Å². The smallest absolute Gasteiger partial charge is 0.317 e. The summed E-state index contributed by atoms with van der Waals surface area (Å²) in [6.45, 7) is 0.466. The predicted molar refractivity (Wildman–Crippen MR) is 101 cm³/mol. The normalized spacial score (nSPS) is 17.6. The maximum absolute atomic E-state index is 13.8. The summed E-state index contributed by atoms with van der Waals surface area (Å²) in [6, 6.07) is 6.26. The van der Waals surface area contributed by atoms with Crippen LogP contribution in [-0.4, -0.2) is 48.9 Å². The SMILES string of the molecule is O=C(NCC(CO)Cc1ccc(F)cc1F)N1CCOC(c2ccc(F)c(F)c2)C1. The minimum atomic E-state index is -0.989. The molecule has 162 valence electrons. The molecule has 0 radical (unpaired) electrons. The number of carbonyl (C=O) groups excluding carboxylic acids is 1. The molecule has 1 saturated heterocycles. The molecule has 0 aliphatic carbocycles. The lowest BCUT2D eigenvalue weighted by atomic mass is 9.99. The minimum absolute atomic E-state index is 0.0827. The van der Waals surface area contributed by atoms with Gasteiger partial charge in [0.05, 0.1) is 13.2 Å². The molecule has 0 aromatic heterocycles. The highest BCUT2D eigenvalue weighted by Crippen LogP contribution is 2.24. The largest absolute Gasteiger partial charge is 0.396 e. The number of aliphatic hydroxyl groups excluding tert-OH is 1. The zero-order chi connectivity index (χ0) is 21.7. The molecule has 2 aromatic carbocycles.